The molecule has 1 unspecified atom stereocenters. The van der Waals surface area contributed by atoms with Gasteiger partial charge in [-0.3, -0.25) is 4.72 Å². The third-order valence-electron chi connectivity index (χ3n) is 5.00. The minimum Gasteiger partial charge on any atom is -0.337 e. The molecule has 3 aromatic rings. The third kappa shape index (κ3) is 4.02. The Morgan fingerprint density at radius 3 is 2.54 bits per heavy atom. The summed E-state index contributed by atoms with van der Waals surface area (Å²) < 4.78 is 27.3. The molecule has 0 aliphatic carbocycles. The van der Waals surface area contributed by atoms with Crippen LogP contribution in [0.5, 0.6) is 0 Å². The van der Waals surface area contributed by atoms with E-state index < -0.39 is 10.0 Å². The first-order valence-corrected chi connectivity index (χ1v) is 11.0. The highest BCUT2D eigenvalue weighted by molar-refractivity contribution is 7.92. The van der Waals surface area contributed by atoms with E-state index in [2.05, 4.69) is 39.7 Å². The molecule has 2 aromatic carbocycles. The topological polar surface area (TPSA) is 62.3 Å². The number of aryl methyl sites for hydroxylation is 1. The van der Waals surface area contributed by atoms with E-state index in [1.807, 2.05) is 42.5 Å². The van der Waals surface area contributed by atoms with Crippen molar-refractivity contribution < 1.29 is 8.42 Å². The molecule has 0 fully saturated rings. The zero-order chi connectivity index (χ0) is 19.6. The summed E-state index contributed by atoms with van der Waals surface area (Å²) in [6, 6.07) is 21.9. The second kappa shape index (κ2) is 7.64. The molecule has 0 spiro atoms. The third-order valence-corrected chi connectivity index (χ3v) is 6.26. The highest BCUT2D eigenvalue weighted by Crippen LogP contribution is 2.37. The number of hydrogen-bond acceptors (Lipinski definition) is 4. The van der Waals surface area contributed by atoms with Crippen LogP contribution in [0, 0.1) is 0 Å². The SMILES string of the molecule is CC1Cc2ccccc2N1c1ccc(NS(=O)(=O)CCc2ccccc2)nc1. The summed E-state index contributed by atoms with van der Waals surface area (Å²) in [7, 11) is -3.45. The van der Waals surface area contributed by atoms with Crippen LogP contribution in [0.1, 0.15) is 18.1 Å². The molecule has 144 valence electrons. The molecule has 0 saturated heterocycles. The molecule has 28 heavy (non-hydrogen) atoms. The van der Waals surface area contributed by atoms with Gasteiger partial charge < -0.3 is 4.90 Å². The zero-order valence-corrected chi connectivity index (χ0v) is 16.6. The van der Waals surface area contributed by atoms with Crippen molar-refractivity contribution in [1.82, 2.24) is 4.98 Å². The van der Waals surface area contributed by atoms with E-state index in [1.54, 1.807) is 12.3 Å². The fourth-order valence-corrected chi connectivity index (χ4v) is 4.70. The Hall–Kier alpha value is -2.86. The number of nitrogens with zero attached hydrogens (tertiary/aromatic N) is 2. The predicted octanol–water partition coefficient (Wildman–Crippen LogP) is 4.15. The van der Waals surface area contributed by atoms with Gasteiger partial charge in [0.25, 0.3) is 0 Å². The molecule has 0 bridgehead atoms. The number of aromatic nitrogens is 1. The lowest BCUT2D eigenvalue weighted by Crippen LogP contribution is -2.24. The fourth-order valence-electron chi connectivity index (χ4n) is 3.66. The van der Waals surface area contributed by atoms with Gasteiger partial charge in [0, 0.05) is 11.7 Å². The smallest absolute Gasteiger partial charge is 0.234 e. The second-order valence-corrected chi connectivity index (χ2v) is 8.95. The van der Waals surface area contributed by atoms with Gasteiger partial charge in [-0.05, 0) is 49.1 Å². The van der Waals surface area contributed by atoms with Crippen molar-refractivity contribution in [2.75, 3.05) is 15.4 Å². The number of benzene rings is 2. The monoisotopic (exact) mass is 393 g/mol. The summed E-state index contributed by atoms with van der Waals surface area (Å²) in [6.45, 7) is 2.18. The second-order valence-electron chi connectivity index (χ2n) is 7.11. The number of anilines is 3. The molecule has 1 aliphatic heterocycles. The van der Waals surface area contributed by atoms with E-state index in [0.717, 1.165) is 17.7 Å². The normalized spacial score (nSPS) is 16.0. The van der Waals surface area contributed by atoms with Crippen molar-refractivity contribution in [2.24, 2.45) is 0 Å². The van der Waals surface area contributed by atoms with Crippen molar-refractivity contribution in [3.63, 3.8) is 0 Å². The van der Waals surface area contributed by atoms with Crippen LogP contribution < -0.4 is 9.62 Å². The van der Waals surface area contributed by atoms with Crippen LogP contribution >= 0.6 is 0 Å². The van der Waals surface area contributed by atoms with Crippen molar-refractivity contribution in [2.45, 2.75) is 25.8 Å². The lowest BCUT2D eigenvalue weighted by molar-refractivity contribution is 0.600. The van der Waals surface area contributed by atoms with Gasteiger partial charge in [0.1, 0.15) is 5.82 Å². The van der Waals surface area contributed by atoms with Gasteiger partial charge in [-0.1, -0.05) is 48.5 Å². The molecule has 5 nitrogen and oxygen atoms in total. The molecule has 1 atom stereocenters. The molecule has 6 heteroatoms. The molecule has 1 aromatic heterocycles. The quantitative estimate of drug-likeness (QED) is 0.683. The largest absolute Gasteiger partial charge is 0.337 e. The van der Waals surface area contributed by atoms with Gasteiger partial charge in [-0.2, -0.15) is 0 Å². The molecule has 1 aliphatic rings. The highest BCUT2D eigenvalue weighted by atomic mass is 32.2. The number of rotatable bonds is 6. The number of para-hydroxylation sites is 1. The van der Waals surface area contributed by atoms with Crippen LogP contribution in [-0.2, 0) is 22.9 Å². The summed E-state index contributed by atoms with van der Waals surface area (Å²) in [5, 5.41) is 0. The summed E-state index contributed by atoms with van der Waals surface area (Å²) in [6.07, 6.45) is 3.19. The number of hydrogen-bond donors (Lipinski definition) is 1. The minimum absolute atomic E-state index is 0.0248. The summed E-state index contributed by atoms with van der Waals surface area (Å²) >= 11 is 0. The molecule has 0 amide bonds. The first-order valence-electron chi connectivity index (χ1n) is 9.39. The van der Waals surface area contributed by atoms with Gasteiger partial charge >= 0.3 is 0 Å². The standard InChI is InChI=1S/C22H23N3O2S/c1-17-15-19-9-5-6-10-21(19)25(17)20-11-12-22(23-16-20)24-28(26,27)14-13-18-7-3-2-4-8-18/h2-12,16-17H,13-15H2,1H3,(H,23,24). The Kier molecular flexibility index (Phi) is 5.05. The number of sulfonamides is 1. The molecule has 0 saturated carbocycles. The summed E-state index contributed by atoms with van der Waals surface area (Å²) in [5.74, 6) is 0.369. The molecular weight excluding hydrogens is 370 g/mol. The Bertz CT molecular complexity index is 1050. The average Bonchev–Trinajstić information content (AvgIpc) is 3.03. The molecule has 0 radical (unpaired) electrons. The average molecular weight is 394 g/mol. The predicted molar refractivity (Wildman–Crippen MR) is 114 cm³/mol. The van der Waals surface area contributed by atoms with Crippen molar-refractivity contribution in [3.05, 3.63) is 84.1 Å². The van der Waals surface area contributed by atoms with Crippen LogP contribution in [-0.4, -0.2) is 25.2 Å². The molecular formula is C22H23N3O2S. The lowest BCUT2D eigenvalue weighted by Gasteiger charge is -2.24. The number of fused-ring (bicyclic) bond motifs is 1. The van der Waals surface area contributed by atoms with E-state index in [4.69, 9.17) is 0 Å². The van der Waals surface area contributed by atoms with Gasteiger partial charge in [0.15, 0.2) is 0 Å². The van der Waals surface area contributed by atoms with Crippen LogP contribution in [0.4, 0.5) is 17.2 Å². The van der Waals surface area contributed by atoms with E-state index in [-0.39, 0.29) is 5.75 Å². The molecule has 4 rings (SSSR count). The van der Waals surface area contributed by atoms with Gasteiger partial charge in [-0.15, -0.1) is 0 Å². The molecule has 2 heterocycles. The van der Waals surface area contributed by atoms with Gasteiger partial charge in [0.05, 0.1) is 17.6 Å². The number of nitrogens with one attached hydrogen (secondary N) is 1. The maximum atomic E-state index is 12.4. The first-order chi connectivity index (χ1) is 13.5. The number of pyridine rings is 1. The van der Waals surface area contributed by atoms with Crippen LogP contribution in [0.3, 0.4) is 0 Å². The summed E-state index contributed by atoms with van der Waals surface area (Å²) in [5.41, 5.74) is 4.47. The molecule has 1 N–H and O–H groups in total. The van der Waals surface area contributed by atoms with Crippen molar-refractivity contribution in [1.29, 1.82) is 0 Å². The van der Waals surface area contributed by atoms with Gasteiger partial charge in [-0.25, -0.2) is 13.4 Å². The van der Waals surface area contributed by atoms with E-state index in [9.17, 15) is 8.42 Å². The maximum Gasteiger partial charge on any atom is 0.234 e. The Balaban J connectivity index is 1.45. The first kappa shape index (κ1) is 18.5. The summed E-state index contributed by atoms with van der Waals surface area (Å²) in [4.78, 5) is 6.58. The minimum atomic E-state index is -3.45. The highest BCUT2D eigenvalue weighted by Gasteiger charge is 2.26. The Morgan fingerprint density at radius 2 is 1.79 bits per heavy atom. The Labute approximate surface area is 166 Å². The van der Waals surface area contributed by atoms with E-state index in [0.29, 0.717) is 18.3 Å². The van der Waals surface area contributed by atoms with Gasteiger partial charge in [0.2, 0.25) is 10.0 Å². The Morgan fingerprint density at radius 1 is 1.04 bits per heavy atom. The van der Waals surface area contributed by atoms with Crippen molar-refractivity contribution in [3.8, 4) is 0 Å². The lowest BCUT2D eigenvalue weighted by atomic mass is 10.1. The van der Waals surface area contributed by atoms with Crippen molar-refractivity contribution >= 4 is 27.2 Å². The maximum absolute atomic E-state index is 12.4. The fraction of sp³-hybridized carbons (Fsp3) is 0.227. The van der Waals surface area contributed by atoms with Crippen LogP contribution in [0.2, 0.25) is 0 Å². The van der Waals surface area contributed by atoms with Crippen LogP contribution in [0.25, 0.3) is 0 Å². The van der Waals surface area contributed by atoms with E-state index in [1.165, 1.54) is 11.3 Å². The van der Waals surface area contributed by atoms with E-state index >= 15 is 0 Å². The zero-order valence-electron chi connectivity index (χ0n) is 15.7. The van der Waals surface area contributed by atoms with Crippen LogP contribution in [0.15, 0.2) is 72.9 Å².